The summed E-state index contributed by atoms with van der Waals surface area (Å²) in [6.07, 6.45) is 1.42. The van der Waals surface area contributed by atoms with E-state index in [1.165, 1.54) is 0 Å². The number of likely N-dealkylation sites (tertiary alicyclic amines) is 1. The van der Waals surface area contributed by atoms with Gasteiger partial charge in [0.05, 0.1) is 5.92 Å². The number of carbonyl (C=O) groups is 2. The summed E-state index contributed by atoms with van der Waals surface area (Å²) in [5, 5.41) is 9.05. The summed E-state index contributed by atoms with van der Waals surface area (Å²) in [4.78, 5) is 25.0. The Morgan fingerprint density at radius 3 is 2.63 bits per heavy atom. The second-order valence-electron chi connectivity index (χ2n) is 5.23. The van der Waals surface area contributed by atoms with Crippen LogP contribution in [0.5, 0.6) is 0 Å². The highest BCUT2D eigenvalue weighted by atomic mass is 16.4. The molecule has 0 aliphatic carbocycles. The number of benzene rings is 1. The van der Waals surface area contributed by atoms with E-state index in [1.807, 2.05) is 32.0 Å². The quantitative estimate of drug-likeness (QED) is 0.888. The Kier molecular flexibility index (Phi) is 3.88. The van der Waals surface area contributed by atoms with Crippen molar-refractivity contribution in [1.82, 2.24) is 4.90 Å². The van der Waals surface area contributed by atoms with Crippen molar-refractivity contribution in [2.75, 3.05) is 13.1 Å². The van der Waals surface area contributed by atoms with Gasteiger partial charge in [-0.05, 0) is 49.9 Å². The van der Waals surface area contributed by atoms with Crippen molar-refractivity contribution >= 4 is 11.9 Å². The van der Waals surface area contributed by atoms with Gasteiger partial charge in [-0.25, -0.2) is 0 Å². The van der Waals surface area contributed by atoms with Crippen LogP contribution >= 0.6 is 0 Å². The first-order valence-electron chi connectivity index (χ1n) is 6.58. The number of nitrogens with zero attached hydrogens (tertiary/aromatic N) is 1. The van der Waals surface area contributed by atoms with Gasteiger partial charge in [0.2, 0.25) is 0 Å². The molecule has 1 amide bonds. The first-order chi connectivity index (χ1) is 8.99. The molecule has 2 rings (SSSR count). The van der Waals surface area contributed by atoms with Crippen LogP contribution in [-0.2, 0) is 4.79 Å². The molecule has 102 valence electrons. The lowest BCUT2D eigenvalue weighted by molar-refractivity contribution is -0.143. The summed E-state index contributed by atoms with van der Waals surface area (Å²) in [6.45, 7) is 4.95. The maximum atomic E-state index is 12.4. The number of rotatable bonds is 2. The van der Waals surface area contributed by atoms with Crippen LogP contribution in [0, 0.1) is 19.8 Å². The predicted molar refractivity (Wildman–Crippen MR) is 72.2 cm³/mol. The van der Waals surface area contributed by atoms with Crippen LogP contribution in [0.2, 0.25) is 0 Å². The van der Waals surface area contributed by atoms with Gasteiger partial charge >= 0.3 is 5.97 Å². The monoisotopic (exact) mass is 261 g/mol. The number of carboxylic acid groups (broad SMARTS) is 1. The maximum absolute atomic E-state index is 12.4. The molecule has 1 N–H and O–H groups in total. The van der Waals surface area contributed by atoms with Crippen LogP contribution < -0.4 is 0 Å². The number of carboxylic acids is 1. The molecular formula is C15H19NO3. The number of aliphatic carboxylic acids is 1. The van der Waals surface area contributed by atoms with Gasteiger partial charge in [0.25, 0.3) is 5.91 Å². The second-order valence-corrected chi connectivity index (χ2v) is 5.23. The Balaban J connectivity index is 2.14. The van der Waals surface area contributed by atoms with Gasteiger partial charge < -0.3 is 10.0 Å². The summed E-state index contributed by atoms with van der Waals surface area (Å²) in [6, 6.07) is 5.62. The molecule has 4 heteroatoms. The van der Waals surface area contributed by atoms with E-state index >= 15 is 0 Å². The first kappa shape index (κ1) is 13.6. The standard InChI is InChI=1S/C15H19NO3/c1-10-5-6-12(8-11(10)2)14(17)16-7-3-4-13(9-16)15(18)19/h5-6,8,13H,3-4,7,9H2,1-2H3,(H,18,19)/t13-/m0/s1. The van der Waals surface area contributed by atoms with Gasteiger partial charge in [0.1, 0.15) is 0 Å². The highest BCUT2D eigenvalue weighted by molar-refractivity contribution is 5.94. The zero-order valence-corrected chi connectivity index (χ0v) is 11.3. The molecular weight excluding hydrogens is 242 g/mol. The average molecular weight is 261 g/mol. The minimum Gasteiger partial charge on any atom is -0.481 e. The summed E-state index contributed by atoms with van der Waals surface area (Å²) < 4.78 is 0. The van der Waals surface area contributed by atoms with E-state index < -0.39 is 11.9 Å². The molecule has 0 unspecified atom stereocenters. The Morgan fingerprint density at radius 1 is 1.26 bits per heavy atom. The third-order valence-electron chi connectivity index (χ3n) is 3.81. The lowest BCUT2D eigenvalue weighted by Gasteiger charge is -2.30. The van der Waals surface area contributed by atoms with Crippen LogP contribution in [0.4, 0.5) is 0 Å². The molecule has 1 fully saturated rings. The number of hydrogen-bond donors (Lipinski definition) is 1. The summed E-state index contributed by atoms with van der Waals surface area (Å²) >= 11 is 0. The van der Waals surface area contributed by atoms with Crippen LogP contribution in [-0.4, -0.2) is 35.0 Å². The predicted octanol–water partition coefficient (Wildman–Crippen LogP) is 2.24. The molecule has 0 aromatic heterocycles. The number of amides is 1. The number of piperidine rings is 1. The zero-order valence-electron chi connectivity index (χ0n) is 11.3. The topological polar surface area (TPSA) is 57.6 Å². The minimum atomic E-state index is -0.808. The summed E-state index contributed by atoms with van der Waals surface area (Å²) in [5.74, 6) is -1.30. The third-order valence-corrected chi connectivity index (χ3v) is 3.81. The maximum Gasteiger partial charge on any atom is 0.308 e. The van der Waals surface area contributed by atoms with Crippen molar-refractivity contribution in [2.45, 2.75) is 26.7 Å². The molecule has 0 saturated carbocycles. The van der Waals surface area contributed by atoms with Crippen molar-refractivity contribution in [2.24, 2.45) is 5.92 Å². The molecule has 1 aliphatic heterocycles. The molecule has 1 aromatic rings. The third kappa shape index (κ3) is 2.95. The molecule has 1 aromatic carbocycles. The Bertz CT molecular complexity index is 510. The van der Waals surface area contributed by atoms with E-state index in [0.29, 0.717) is 25.1 Å². The van der Waals surface area contributed by atoms with Gasteiger partial charge in [-0.15, -0.1) is 0 Å². The zero-order chi connectivity index (χ0) is 14.0. The lowest BCUT2D eigenvalue weighted by Crippen LogP contribution is -2.42. The largest absolute Gasteiger partial charge is 0.481 e. The molecule has 0 spiro atoms. The molecule has 0 bridgehead atoms. The van der Waals surface area contributed by atoms with E-state index in [1.54, 1.807) is 4.90 Å². The Hall–Kier alpha value is -1.84. The van der Waals surface area contributed by atoms with Crippen molar-refractivity contribution in [3.8, 4) is 0 Å². The van der Waals surface area contributed by atoms with Crippen molar-refractivity contribution in [3.63, 3.8) is 0 Å². The van der Waals surface area contributed by atoms with E-state index in [4.69, 9.17) is 5.11 Å². The fraction of sp³-hybridized carbons (Fsp3) is 0.467. The SMILES string of the molecule is Cc1ccc(C(=O)N2CCC[C@H](C(=O)O)C2)cc1C. The Labute approximate surface area is 113 Å². The molecule has 1 aliphatic rings. The summed E-state index contributed by atoms with van der Waals surface area (Å²) in [5.41, 5.74) is 2.88. The summed E-state index contributed by atoms with van der Waals surface area (Å²) in [7, 11) is 0. The van der Waals surface area contributed by atoms with Gasteiger partial charge in [-0.1, -0.05) is 6.07 Å². The van der Waals surface area contributed by atoms with Crippen LogP contribution in [0.1, 0.15) is 34.3 Å². The highest BCUT2D eigenvalue weighted by Crippen LogP contribution is 2.19. The smallest absolute Gasteiger partial charge is 0.308 e. The normalized spacial score (nSPS) is 19.3. The highest BCUT2D eigenvalue weighted by Gasteiger charge is 2.28. The first-order valence-corrected chi connectivity index (χ1v) is 6.58. The van der Waals surface area contributed by atoms with Gasteiger partial charge in [-0.2, -0.15) is 0 Å². The van der Waals surface area contributed by atoms with Crippen LogP contribution in [0.15, 0.2) is 18.2 Å². The van der Waals surface area contributed by atoms with E-state index in [9.17, 15) is 9.59 Å². The molecule has 1 atom stereocenters. The second kappa shape index (κ2) is 5.43. The van der Waals surface area contributed by atoms with Crippen molar-refractivity contribution in [1.29, 1.82) is 0 Å². The van der Waals surface area contributed by atoms with Crippen molar-refractivity contribution in [3.05, 3.63) is 34.9 Å². The van der Waals surface area contributed by atoms with E-state index in [-0.39, 0.29) is 5.91 Å². The van der Waals surface area contributed by atoms with Crippen molar-refractivity contribution < 1.29 is 14.7 Å². The van der Waals surface area contributed by atoms with E-state index in [0.717, 1.165) is 17.5 Å². The van der Waals surface area contributed by atoms with E-state index in [2.05, 4.69) is 0 Å². The minimum absolute atomic E-state index is 0.0611. The molecule has 0 radical (unpaired) electrons. The van der Waals surface area contributed by atoms with Gasteiger partial charge in [0.15, 0.2) is 0 Å². The number of aryl methyl sites for hydroxylation is 2. The molecule has 1 heterocycles. The fourth-order valence-electron chi connectivity index (χ4n) is 2.42. The van der Waals surface area contributed by atoms with Gasteiger partial charge in [0, 0.05) is 18.7 Å². The van der Waals surface area contributed by atoms with Crippen LogP contribution in [0.25, 0.3) is 0 Å². The molecule has 4 nitrogen and oxygen atoms in total. The van der Waals surface area contributed by atoms with Crippen LogP contribution in [0.3, 0.4) is 0 Å². The number of hydrogen-bond acceptors (Lipinski definition) is 2. The fourth-order valence-corrected chi connectivity index (χ4v) is 2.42. The lowest BCUT2D eigenvalue weighted by atomic mass is 9.97. The number of carbonyl (C=O) groups excluding carboxylic acids is 1. The van der Waals surface area contributed by atoms with Gasteiger partial charge in [-0.3, -0.25) is 9.59 Å². The molecule has 1 saturated heterocycles. The molecule has 19 heavy (non-hydrogen) atoms. The Morgan fingerprint density at radius 2 is 2.00 bits per heavy atom. The average Bonchev–Trinajstić information content (AvgIpc) is 2.41.